The lowest BCUT2D eigenvalue weighted by molar-refractivity contribution is -0.114. The van der Waals surface area contributed by atoms with Gasteiger partial charge in [-0.25, -0.2) is 0 Å². The number of fused-ring (bicyclic) bond motifs is 1. The van der Waals surface area contributed by atoms with Gasteiger partial charge in [0.25, 0.3) is 5.91 Å². The molecule has 1 saturated heterocycles. The summed E-state index contributed by atoms with van der Waals surface area (Å²) >= 11 is 1.38. The highest BCUT2D eigenvalue weighted by molar-refractivity contribution is 8.26. The van der Waals surface area contributed by atoms with E-state index in [1.807, 2.05) is 35.0 Å². The predicted molar refractivity (Wildman–Crippen MR) is 141 cm³/mol. The van der Waals surface area contributed by atoms with Crippen LogP contribution in [0, 0.1) is 25.2 Å². The number of carbonyl (C=O) groups excluding carboxylic acids is 1. The molecule has 3 aliphatic rings. The number of thioether (sulfide) groups is 1. The van der Waals surface area contributed by atoms with Crippen molar-refractivity contribution in [2.24, 2.45) is 16.0 Å². The first-order valence-electron chi connectivity index (χ1n) is 12.0. The Labute approximate surface area is 209 Å². The van der Waals surface area contributed by atoms with Crippen LogP contribution < -0.4 is 4.74 Å². The minimum atomic E-state index is -0.406. The minimum Gasteiger partial charge on any atom is -0.492 e. The van der Waals surface area contributed by atoms with E-state index in [2.05, 4.69) is 41.8 Å². The van der Waals surface area contributed by atoms with Crippen molar-refractivity contribution in [2.45, 2.75) is 40.2 Å². The number of aryl methyl sites for hydroxylation is 2. The average Bonchev–Trinajstić information content (AvgIpc) is 3.46. The van der Waals surface area contributed by atoms with Crippen molar-refractivity contribution >= 4 is 39.9 Å². The van der Waals surface area contributed by atoms with Gasteiger partial charge in [-0.1, -0.05) is 13.0 Å². The van der Waals surface area contributed by atoms with Crippen LogP contribution in [0.4, 0.5) is 0 Å². The van der Waals surface area contributed by atoms with Crippen LogP contribution in [0.3, 0.4) is 0 Å². The Morgan fingerprint density at radius 3 is 2.74 bits per heavy atom. The van der Waals surface area contributed by atoms with Crippen molar-refractivity contribution < 1.29 is 9.53 Å². The number of hydrogen-bond donors (Lipinski definition) is 1. The lowest BCUT2D eigenvalue weighted by atomic mass is 10.00. The number of amidine groups is 3. The molecule has 0 saturated carbocycles. The van der Waals surface area contributed by atoms with Gasteiger partial charge in [0.15, 0.2) is 11.0 Å². The molecule has 3 aliphatic heterocycles. The normalized spacial score (nSPS) is 19.8. The summed E-state index contributed by atoms with van der Waals surface area (Å²) in [4.78, 5) is 19.3. The van der Waals surface area contributed by atoms with Gasteiger partial charge in [-0.2, -0.15) is 10.0 Å². The molecule has 35 heavy (non-hydrogen) atoms. The minimum absolute atomic E-state index is 0.0620. The second-order valence-corrected chi connectivity index (χ2v) is 10.2. The second kappa shape index (κ2) is 9.73. The number of piperidine rings is 1. The van der Waals surface area contributed by atoms with E-state index >= 15 is 0 Å². The van der Waals surface area contributed by atoms with E-state index in [4.69, 9.17) is 10.1 Å². The molecule has 1 aromatic heterocycles. The molecule has 9 heteroatoms. The van der Waals surface area contributed by atoms with Crippen molar-refractivity contribution in [3.63, 3.8) is 0 Å². The standard InChI is InChI=1S/C26H30N6O2S/c1-17-8-11-31(12-9-17)26-29-32-23(27)22(24(33)28-25(32)35-26)16-20-5-4-10-30(20)13-14-34-21-7-6-18(2)19(3)15-21/h4-7,10,15-17,27H,8-9,11-14H2,1-3H3/b22-16+,27-23?. The van der Waals surface area contributed by atoms with Gasteiger partial charge in [0.05, 0.1) is 12.1 Å². The largest absolute Gasteiger partial charge is 0.492 e. The lowest BCUT2D eigenvalue weighted by Crippen LogP contribution is -2.36. The molecule has 5 rings (SSSR count). The molecule has 0 unspecified atom stereocenters. The number of ether oxygens (including phenoxy) is 1. The number of aliphatic imine (C=N–C) groups is 1. The van der Waals surface area contributed by atoms with Crippen molar-refractivity contribution in [2.75, 3.05) is 19.7 Å². The fraction of sp³-hybridized carbons (Fsp3) is 0.385. The number of rotatable bonds is 5. The monoisotopic (exact) mass is 490 g/mol. The topological polar surface area (TPSA) is 86.3 Å². The molecule has 8 nitrogen and oxygen atoms in total. The van der Waals surface area contributed by atoms with Gasteiger partial charge in [-0.05, 0) is 85.8 Å². The van der Waals surface area contributed by atoms with Crippen LogP contribution in [0.1, 0.15) is 36.6 Å². The third-order valence-corrected chi connectivity index (χ3v) is 7.70. The maximum atomic E-state index is 12.8. The molecule has 0 radical (unpaired) electrons. The highest BCUT2D eigenvalue weighted by atomic mass is 32.2. The van der Waals surface area contributed by atoms with E-state index in [1.165, 1.54) is 27.9 Å². The summed E-state index contributed by atoms with van der Waals surface area (Å²) in [6.45, 7) is 9.41. The first-order valence-corrected chi connectivity index (χ1v) is 12.8. The van der Waals surface area contributed by atoms with E-state index < -0.39 is 5.91 Å². The molecular formula is C26H30N6O2S. The van der Waals surface area contributed by atoms with Crippen LogP contribution in [-0.4, -0.2) is 56.3 Å². The predicted octanol–water partition coefficient (Wildman–Crippen LogP) is 4.49. The number of aromatic nitrogens is 1. The molecule has 0 aliphatic carbocycles. The molecule has 2 aromatic rings. The van der Waals surface area contributed by atoms with Crippen molar-refractivity contribution in [3.8, 4) is 5.75 Å². The number of nitrogens with one attached hydrogen (secondary N) is 1. The van der Waals surface area contributed by atoms with E-state index in [9.17, 15) is 4.79 Å². The smallest absolute Gasteiger partial charge is 0.283 e. The molecule has 0 spiro atoms. The quantitative estimate of drug-likeness (QED) is 0.624. The summed E-state index contributed by atoms with van der Waals surface area (Å²) in [6.07, 6.45) is 5.92. The summed E-state index contributed by atoms with van der Waals surface area (Å²) < 4.78 is 7.94. The van der Waals surface area contributed by atoms with Gasteiger partial charge in [0, 0.05) is 25.0 Å². The third kappa shape index (κ3) is 4.91. The Morgan fingerprint density at radius 2 is 1.97 bits per heavy atom. The van der Waals surface area contributed by atoms with Crippen LogP contribution >= 0.6 is 11.8 Å². The SMILES string of the molecule is Cc1ccc(OCCn2cccc2/C=C2\C(=N)N3N=C(N4CCC(C)CC4)SC3=NC2=O)cc1C. The highest BCUT2D eigenvalue weighted by Gasteiger charge is 2.37. The Kier molecular flexibility index (Phi) is 6.51. The molecule has 4 heterocycles. The van der Waals surface area contributed by atoms with E-state index in [-0.39, 0.29) is 11.4 Å². The van der Waals surface area contributed by atoms with E-state index in [0.29, 0.717) is 18.3 Å². The summed E-state index contributed by atoms with van der Waals surface area (Å²) in [7, 11) is 0. The zero-order chi connectivity index (χ0) is 24.5. The van der Waals surface area contributed by atoms with E-state index in [1.54, 1.807) is 6.08 Å². The molecule has 0 bridgehead atoms. The number of nitrogens with zero attached hydrogens (tertiary/aromatic N) is 5. The number of hydrazone groups is 1. The Balaban J connectivity index is 1.28. The number of benzene rings is 1. The second-order valence-electron chi connectivity index (χ2n) is 9.29. The number of amides is 1. The van der Waals surface area contributed by atoms with Crippen molar-refractivity contribution in [1.29, 1.82) is 5.41 Å². The Hall–Kier alpha value is -3.33. The molecular weight excluding hydrogens is 460 g/mol. The number of likely N-dealkylation sites (tertiary alicyclic amines) is 1. The zero-order valence-electron chi connectivity index (χ0n) is 20.3. The fourth-order valence-electron chi connectivity index (χ4n) is 4.29. The van der Waals surface area contributed by atoms with Crippen LogP contribution in [0.2, 0.25) is 0 Å². The van der Waals surface area contributed by atoms with Crippen LogP contribution in [0.25, 0.3) is 6.08 Å². The highest BCUT2D eigenvalue weighted by Crippen LogP contribution is 2.31. The van der Waals surface area contributed by atoms with Crippen LogP contribution in [0.15, 0.2) is 52.2 Å². The van der Waals surface area contributed by atoms with Crippen LogP contribution in [0.5, 0.6) is 5.75 Å². The summed E-state index contributed by atoms with van der Waals surface area (Å²) in [5, 5.41) is 16.1. The van der Waals surface area contributed by atoms with Gasteiger partial charge < -0.3 is 14.2 Å². The molecule has 1 N–H and O–H groups in total. The maximum absolute atomic E-state index is 12.8. The maximum Gasteiger partial charge on any atom is 0.283 e. The van der Waals surface area contributed by atoms with Crippen LogP contribution in [-0.2, 0) is 11.3 Å². The first-order chi connectivity index (χ1) is 16.9. The third-order valence-electron chi connectivity index (χ3n) is 6.73. The Bertz CT molecular complexity index is 1250. The molecule has 1 amide bonds. The summed E-state index contributed by atoms with van der Waals surface area (Å²) in [5.41, 5.74) is 3.49. The van der Waals surface area contributed by atoms with Crippen molar-refractivity contribution in [1.82, 2.24) is 14.5 Å². The van der Waals surface area contributed by atoms with Crippen molar-refractivity contribution in [3.05, 3.63) is 58.9 Å². The Morgan fingerprint density at radius 1 is 1.17 bits per heavy atom. The van der Waals surface area contributed by atoms with Gasteiger partial charge in [-0.15, -0.1) is 5.10 Å². The molecule has 1 aromatic carbocycles. The zero-order valence-corrected chi connectivity index (χ0v) is 21.1. The van der Waals surface area contributed by atoms with Gasteiger partial charge in [-0.3, -0.25) is 10.2 Å². The summed E-state index contributed by atoms with van der Waals surface area (Å²) in [6, 6.07) is 9.92. The first kappa shape index (κ1) is 23.4. The van der Waals surface area contributed by atoms with Gasteiger partial charge >= 0.3 is 0 Å². The molecule has 182 valence electrons. The van der Waals surface area contributed by atoms with E-state index in [0.717, 1.165) is 48.5 Å². The van der Waals surface area contributed by atoms with Gasteiger partial charge in [0.1, 0.15) is 12.4 Å². The average molecular weight is 491 g/mol. The summed E-state index contributed by atoms with van der Waals surface area (Å²) in [5.74, 6) is 1.22. The number of carbonyl (C=O) groups is 1. The molecule has 0 atom stereocenters. The van der Waals surface area contributed by atoms with Gasteiger partial charge in [0.2, 0.25) is 5.17 Å². The molecule has 1 fully saturated rings. The fourth-order valence-corrected chi connectivity index (χ4v) is 5.23. The lowest BCUT2D eigenvalue weighted by Gasteiger charge is -2.30. The number of hydrogen-bond acceptors (Lipinski definition) is 6.